The molecule has 1 aromatic heterocycles. The number of hydrogen-bond acceptors (Lipinski definition) is 3. The minimum absolute atomic E-state index is 0.151. The Balaban J connectivity index is 2.14. The molecule has 2 rings (SSSR count). The Morgan fingerprint density at radius 1 is 1.29 bits per heavy atom. The lowest BCUT2D eigenvalue weighted by atomic mass is 9.74. The molecule has 0 bridgehead atoms. The third kappa shape index (κ3) is 3.97. The molecule has 1 fully saturated rings. The van der Waals surface area contributed by atoms with Gasteiger partial charge in [0.2, 0.25) is 0 Å². The number of nitrogens with one attached hydrogen (secondary N) is 1. The Labute approximate surface area is 128 Å². The average molecular weight is 320 g/mol. The van der Waals surface area contributed by atoms with Gasteiger partial charge in [0.1, 0.15) is 0 Å². The van der Waals surface area contributed by atoms with E-state index in [1.54, 1.807) is 18.4 Å². The summed E-state index contributed by atoms with van der Waals surface area (Å²) < 4.78 is 39.8. The van der Waals surface area contributed by atoms with Crippen LogP contribution >= 0.6 is 11.3 Å². The van der Waals surface area contributed by atoms with Crippen LogP contribution in [0, 0.1) is 25.7 Å². The van der Waals surface area contributed by atoms with Gasteiger partial charge in [0, 0.05) is 17.3 Å². The first-order valence-electron chi connectivity index (χ1n) is 7.49. The first-order chi connectivity index (χ1) is 9.82. The van der Waals surface area contributed by atoms with Gasteiger partial charge < -0.3 is 5.32 Å². The minimum atomic E-state index is -4.09. The zero-order chi connectivity index (χ0) is 15.6. The van der Waals surface area contributed by atoms with Crippen molar-refractivity contribution in [1.82, 2.24) is 10.3 Å². The molecule has 1 heterocycles. The molecule has 120 valence electrons. The second-order valence-electron chi connectivity index (χ2n) is 5.94. The summed E-state index contributed by atoms with van der Waals surface area (Å²) in [6.45, 7) is 3.95. The normalized spacial score (nSPS) is 25.0. The summed E-state index contributed by atoms with van der Waals surface area (Å²) >= 11 is 1.60. The highest BCUT2D eigenvalue weighted by molar-refractivity contribution is 7.11. The van der Waals surface area contributed by atoms with E-state index < -0.39 is 12.1 Å². The third-order valence-electron chi connectivity index (χ3n) is 4.59. The fraction of sp³-hybridized carbons (Fsp3) is 0.800. The monoisotopic (exact) mass is 320 g/mol. The molecule has 1 aromatic rings. The standard InChI is InChI=1S/C15H23F3N2S/c1-9-10(2)21-14(20-9)8-13(19-3)11-6-4-5-7-12(11)15(16,17)18/h11-13,19H,4-8H2,1-3H3. The number of aromatic nitrogens is 1. The molecular formula is C15H23F3N2S. The number of nitrogens with zero attached hydrogens (tertiary/aromatic N) is 1. The molecule has 0 spiro atoms. The molecule has 0 amide bonds. The van der Waals surface area contributed by atoms with Crippen LogP contribution in [0.25, 0.3) is 0 Å². The van der Waals surface area contributed by atoms with Crippen molar-refractivity contribution in [3.63, 3.8) is 0 Å². The smallest absolute Gasteiger partial charge is 0.316 e. The van der Waals surface area contributed by atoms with Crippen LogP contribution in [0.2, 0.25) is 0 Å². The quantitative estimate of drug-likeness (QED) is 0.896. The highest BCUT2D eigenvalue weighted by atomic mass is 32.1. The minimum Gasteiger partial charge on any atom is -0.316 e. The van der Waals surface area contributed by atoms with Crippen molar-refractivity contribution in [2.24, 2.45) is 11.8 Å². The molecule has 1 N–H and O–H groups in total. The number of likely N-dealkylation sites (N-methyl/N-ethyl adjacent to an activating group) is 1. The molecular weight excluding hydrogens is 297 g/mol. The second kappa shape index (κ2) is 6.65. The lowest BCUT2D eigenvalue weighted by Crippen LogP contribution is -2.45. The summed E-state index contributed by atoms with van der Waals surface area (Å²) in [5, 5.41) is 4.06. The molecule has 3 atom stereocenters. The fourth-order valence-electron chi connectivity index (χ4n) is 3.33. The molecule has 0 aromatic carbocycles. The van der Waals surface area contributed by atoms with Crippen LogP contribution in [-0.2, 0) is 6.42 Å². The lowest BCUT2D eigenvalue weighted by Gasteiger charge is -2.37. The molecule has 1 saturated carbocycles. The first-order valence-corrected chi connectivity index (χ1v) is 8.31. The van der Waals surface area contributed by atoms with Gasteiger partial charge >= 0.3 is 6.18 Å². The van der Waals surface area contributed by atoms with Gasteiger partial charge in [0.05, 0.1) is 16.6 Å². The summed E-state index contributed by atoms with van der Waals surface area (Å²) in [5.41, 5.74) is 0.987. The van der Waals surface area contributed by atoms with Crippen molar-refractivity contribution < 1.29 is 13.2 Å². The van der Waals surface area contributed by atoms with Gasteiger partial charge in [0.15, 0.2) is 0 Å². The summed E-state index contributed by atoms with van der Waals surface area (Å²) in [4.78, 5) is 5.63. The SMILES string of the molecule is CNC(Cc1nc(C)c(C)s1)C1CCCCC1C(F)(F)F. The summed E-state index contributed by atoms with van der Waals surface area (Å²) in [5.74, 6) is -1.51. The zero-order valence-corrected chi connectivity index (χ0v) is 13.6. The largest absolute Gasteiger partial charge is 0.392 e. The van der Waals surface area contributed by atoms with Crippen LogP contribution in [0.3, 0.4) is 0 Å². The summed E-state index contributed by atoms with van der Waals surface area (Å²) in [6.07, 6.45) is -0.999. The van der Waals surface area contributed by atoms with E-state index in [0.717, 1.165) is 22.0 Å². The van der Waals surface area contributed by atoms with Crippen LogP contribution in [0.15, 0.2) is 0 Å². The van der Waals surface area contributed by atoms with Gasteiger partial charge in [-0.05, 0) is 39.7 Å². The van der Waals surface area contributed by atoms with Crippen molar-refractivity contribution in [2.45, 2.75) is 58.2 Å². The van der Waals surface area contributed by atoms with E-state index >= 15 is 0 Å². The third-order valence-corrected chi connectivity index (χ3v) is 5.69. The number of alkyl halides is 3. The van der Waals surface area contributed by atoms with Gasteiger partial charge in [-0.2, -0.15) is 13.2 Å². The lowest BCUT2D eigenvalue weighted by molar-refractivity contribution is -0.199. The highest BCUT2D eigenvalue weighted by Crippen LogP contribution is 2.43. The first kappa shape index (κ1) is 16.7. The Morgan fingerprint density at radius 2 is 1.95 bits per heavy atom. The maximum absolute atomic E-state index is 13.3. The van der Waals surface area contributed by atoms with Crippen LogP contribution < -0.4 is 5.32 Å². The number of hydrogen-bond donors (Lipinski definition) is 1. The maximum Gasteiger partial charge on any atom is 0.392 e. The highest BCUT2D eigenvalue weighted by Gasteiger charge is 2.47. The molecule has 6 heteroatoms. The molecule has 3 unspecified atom stereocenters. The molecule has 0 aliphatic heterocycles. The number of thiazole rings is 1. The molecule has 0 radical (unpaired) electrons. The predicted octanol–water partition coefficient (Wildman–Crippen LogP) is 4.26. The van der Waals surface area contributed by atoms with Gasteiger partial charge in [-0.15, -0.1) is 11.3 Å². The fourth-order valence-corrected chi connectivity index (χ4v) is 4.32. The van der Waals surface area contributed by atoms with Gasteiger partial charge in [-0.1, -0.05) is 12.8 Å². The Hall–Kier alpha value is -0.620. The van der Waals surface area contributed by atoms with Crippen LogP contribution in [-0.4, -0.2) is 24.2 Å². The van der Waals surface area contributed by atoms with E-state index in [0.29, 0.717) is 19.3 Å². The van der Waals surface area contributed by atoms with E-state index in [1.165, 1.54) is 0 Å². The number of halogens is 3. The van der Waals surface area contributed by atoms with E-state index in [4.69, 9.17) is 0 Å². The van der Waals surface area contributed by atoms with Gasteiger partial charge in [-0.3, -0.25) is 0 Å². The van der Waals surface area contributed by atoms with E-state index in [-0.39, 0.29) is 18.4 Å². The van der Waals surface area contributed by atoms with E-state index in [2.05, 4.69) is 10.3 Å². The number of rotatable bonds is 4. The summed E-state index contributed by atoms with van der Waals surface area (Å²) in [7, 11) is 1.76. The van der Waals surface area contributed by atoms with Crippen LogP contribution in [0.5, 0.6) is 0 Å². The van der Waals surface area contributed by atoms with Crippen molar-refractivity contribution >= 4 is 11.3 Å². The Morgan fingerprint density at radius 3 is 2.48 bits per heavy atom. The molecule has 21 heavy (non-hydrogen) atoms. The van der Waals surface area contributed by atoms with E-state index in [9.17, 15) is 13.2 Å². The van der Waals surface area contributed by atoms with Crippen molar-refractivity contribution in [2.75, 3.05) is 7.05 Å². The Kier molecular flexibility index (Phi) is 5.30. The molecule has 1 aliphatic carbocycles. The van der Waals surface area contributed by atoms with Crippen LogP contribution in [0.4, 0.5) is 13.2 Å². The average Bonchev–Trinajstić information content (AvgIpc) is 2.74. The predicted molar refractivity (Wildman–Crippen MR) is 79.6 cm³/mol. The Bertz CT molecular complexity index is 450. The zero-order valence-electron chi connectivity index (χ0n) is 12.8. The molecule has 2 nitrogen and oxygen atoms in total. The molecule has 0 saturated heterocycles. The van der Waals surface area contributed by atoms with Crippen molar-refractivity contribution in [3.8, 4) is 0 Å². The van der Waals surface area contributed by atoms with Crippen LogP contribution in [0.1, 0.15) is 41.3 Å². The summed E-state index contributed by atoms with van der Waals surface area (Å²) in [6, 6.07) is -0.151. The number of aryl methyl sites for hydroxylation is 2. The maximum atomic E-state index is 13.3. The van der Waals surface area contributed by atoms with E-state index in [1.807, 2.05) is 13.8 Å². The second-order valence-corrected chi connectivity index (χ2v) is 7.23. The van der Waals surface area contributed by atoms with Crippen molar-refractivity contribution in [1.29, 1.82) is 0 Å². The van der Waals surface area contributed by atoms with Gasteiger partial charge in [0.25, 0.3) is 0 Å². The topological polar surface area (TPSA) is 24.9 Å². The van der Waals surface area contributed by atoms with Crippen molar-refractivity contribution in [3.05, 3.63) is 15.6 Å². The van der Waals surface area contributed by atoms with Gasteiger partial charge in [-0.25, -0.2) is 4.98 Å². The molecule has 1 aliphatic rings.